The molecule has 0 bridgehead atoms. The predicted octanol–water partition coefficient (Wildman–Crippen LogP) is 1.28. The Kier molecular flexibility index (Phi) is 3.87. The zero-order valence-corrected chi connectivity index (χ0v) is 9.67. The van der Waals surface area contributed by atoms with Crippen molar-refractivity contribution in [2.45, 2.75) is 33.6 Å². The molecule has 0 saturated carbocycles. The van der Waals surface area contributed by atoms with Gasteiger partial charge in [-0.25, -0.2) is 4.57 Å². The van der Waals surface area contributed by atoms with Crippen molar-refractivity contribution in [2.75, 3.05) is 0 Å². The minimum absolute atomic E-state index is 1.20. The van der Waals surface area contributed by atoms with Gasteiger partial charge in [-0.3, -0.25) is 0 Å². The molecule has 76 valence electrons. The Hall–Kier alpha value is -1.11. The van der Waals surface area contributed by atoms with Crippen LogP contribution in [0.25, 0.3) is 11.6 Å². The molecule has 0 unspecified atom stereocenters. The lowest BCUT2D eigenvalue weighted by Gasteiger charge is -2.03. The predicted molar refractivity (Wildman–Crippen MR) is 61.0 cm³/mol. The second kappa shape index (κ2) is 4.94. The summed E-state index contributed by atoms with van der Waals surface area (Å²) in [5.74, 6) is 0. The minimum Gasteiger partial charge on any atom is -0.207 e. The van der Waals surface area contributed by atoms with Crippen molar-refractivity contribution >= 4 is 11.6 Å². The monoisotopic (exact) mass is 190 g/mol. The summed E-state index contributed by atoms with van der Waals surface area (Å²) in [4.78, 5) is 0. The summed E-state index contributed by atoms with van der Waals surface area (Å²) in [6.07, 6.45) is 9.06. The van der Waals surface area contributed by atoms with Crippen LogP contribution in [0.15, 0.2) is 18.5 Å². The molecule has 0 N–H and O–H groups in total. The van der Waals surface area contributed by atoms with E-state index in [1.807, 2.05) is 13.8 Å². The van der Waals surface area contributed by atoms with Crippen LogP contribution < -0.4 is 15.0 Å². The highest BCUT2D eigenvalue weighted by Crippen LogP contribution is 2.04. The van der Waals surface area contributed by atoms with Gasteiger partial charge >= 0.3 is 0 Å². The first-order valence-corrected chi connectivity index (χ1v) is 5.42. The van der Waals surface area contributed by atoms with E-state index in [2.05, 4.69) is 43.1 Å². The van der Waals surface area contributed by atoms with Gasteiger partial charge in [-0.05, 0) is 25.0 Å². The molecule has 0 atom stereocenters. The Bertz CT molecular complexity index is 415. The van der Waals surface area contributed by atoms with Crippen molar-refractivity contribution in [3.05, 3.63) is 28.9 Å². The van der Waals surface area contributed by atoms with E-state index >= 15 is 0 Å². The van der Waals surface area contributed by atoms with Gasteiger partial charge in [0.2, 0.25) is 0 Å². The first kappa shape index (κ1) is 11.0. The first-order chi connectivity index (χ1) is 6.77. The first-order valence-electron chi connectivity index (χ1n) is 5.42. The van der Waals surface area contributed by atoms with E-state index in [9.17, 15) is 0 Å². The van der Waals surface area contributed by atoms with Crippen LogP contribution >= 0.6 is 0 Å². The van der Waals surface area contributed by atoms with Crippen LogP contribution in [0.4, 0.5) is 0 Å². The fraction of sp³-hybridized carbons (Fsp3) is 0.462. The van der Waals surface area contributed by atoms with Crippen molar-refractivity contribution in [3.8, 4) is 0 Å². The van der Waals surface area contributed by atoms with Gasteiger partial charge in [-0.2, -0.15) is 0 Å². The summed E-state index contributed by atoms with van der Waals surface area (Å²) in [6.45, 7) is 6.23. The molecule has 2 rings (SSSR count). The highest BCUT2D eigenvalue weighted by atomic mass is 14.9. The van der Waals surface area contributed by atoms with E-state index in [-0.39, 0.29) is 0 Å². The number of pyridine rings is 1. The molecule has 0 spiro atoms. The number of hydrogen-bond donors (Lipinski definition) is 0. The fourth-order valence-corrected chi connectivity index (χ4v) is 1.72. The maximum Gasteiger partial charge on any atom is 0.176 e. The Morgan fingerprint density at radius 2 is 2.00 bits per heavy atom. The lowest BCUT2D eigenvalue weighted by molar-refractivity contribution is -0.672. The molecule has 1 aromatic heterocycles. The molecule has 0 aromatic carbocycles. The van der Waals surface area contributed by atoms with Crippen LogP contribution in [0.2, 0.25) is 0 Å². The van der Waals surface area contributed by atoms with Gasteiger partial charge in [0, 0.05) is 11.3 Å². The quantitative estimate of drug-likeness (QED) is 0.543. The molecule has 1 aliphatic rings. The largest absolute Gasteiger partial charge is 0.207 e. The Balaban J connectivity index is 0.000000461. The summed E-state index contributed by atoms with van der Waals surface area (Å²) >= 11 is 0. The Morgan fingerprint density at radius 1 is 1.29 bits per heavy atom. The van der Waals surface area contributed by atoms with Gasteiger partial charge in [0.15, 0.2) is 12.4 Å². The number of fused-ring (bicyclic) bond motifs is 1. The van der Waals surface area contributed by atoms with Crippen LogP contribution in [0.5, 0.6) is 0 Å². The van der Waals surface area contributed by atoms with Crippen molar-refractivity contribution in [1.82, 2.24) is 0 Å². The highest BCUT2D eigenvalue weighted by Gasteiger charge is 2.02. The lowest BCUT2D eigenvalue weighted by Crippen LogP contribution is -2.40. The third-order valence-corrected chi connectivity index (χ3v) is 2.48. The maximum absolute atomic E-state index is 2.32. The molecule has 1 heteroatoms. The minimum atomic E-state index is 1.20. The molecule has 0 fully saturated rings. The smallest absolute Gasteiger partial charge is 0.176 e. The van der Waals surface area contributed by atoms with Crippen LogP contribution in [-0.4, -0.2) is 0 Å². The molecule has 0 aliphatic heterocycles. The van der Waals surface area contributed by atoms with Gasteiger partial charge in [-0.1, -0.05) is 25.5 Å². The van der Waals surface area contributed by atoms with Gasteiger partial charge in [0.05, 0.1) is 0 Å². The van der Waals surface area contributed by atoms with E-state index in [4.69, 9.17) is 0 Å². The average molecular weight is 190 g/mol. The van der Waals surface area contributed by atoms with Gasteiger partial charge in [0.25, 0.3) is 0 Å². The molecular formula is C13H20N+. The Labute approximate surface area is 86.4 Å². The summed E-state index contributed by atoms with van der Waals surface area (Å²) < 4.78 is 2.11. The second-order valence-corrected chi connectivity index (χ2v) is 3.50. The molecule has 1 nitrogen and oxygen atoms in total. The van der Waals surface area contributed by atoms with E-state index in [0.717, 1.165) is 0 Å². The van der Waals surface area contributed by atoms with Crippen molar-refractivity contribution in [3.63, 3.8) is 0 Å². The molecular weight excluding hydrogens is 170 g/mol. The van der Waals surface area contributed by atoms with Gasteiger partial charge in [0.1, 0.15) is 7.05 Å². The molecule has 0 amide bonds. The van der Waals surface area contributed by atoms with Crippen LogP contribution in [0.1, 0.15) is 33.6 Å². The molecule has 0 saturated heterocycles. The summed E-state index contributed by atoms with van der Waals surface area (Å²) in [7, 11) is 2.07. The summed E-state index contributed by atoms with van der Waals surface area (Å²) in [6, 6.07) is 2.19. The number of nitrogens with zero attached hydrogens (tertiary/aromatic N) is 1. The topological polar surface area (TPSA) is 3.88 Å². The van der Waals surface area contributed by atoms with E-state index in [1.54, 1.807) is 0 Å². The zero-order valence-electron chi connectivity index (χ0n) is 9.67. The molecule has 14 heavy (non-hydrogen) atoms. The van der Waals surface area contributed by atoms with Crippen LogP contribution in [0, 0.1) is 0 Å². The molecule has 0 radical (unpaired) electrons. The SMILES string of the molecule is CC.CC1=c2c[n+](C)ccc2=CCC1. The second-order valence-electron chi connectivity index (χ2n) is 3.50. The maximum atomic E-state index is 2.32. The lowest BCUT2D eigenvalue weighted by atomic mass is 10.0. The number of aryl methyl sites for hydroxylation is 1. The average Bonchev–Trinajstić information content (AvgIpc) is 2.22. The highest BCUT2D eigenvalue weighted by molar-refractivity contribution is 5.47. The summed E-state index contributed by atoms with van der Waals surface area (Å²) in [5.41, 5.74) is 1.52. The van der Waals surface area contributed by atoms with E-state index in [0.29, 0.717) is 0 Å². The number of aromatic nitrogens is 1. The van der Waals surface area contributed by atoms with Gasteiger partial charge < -0.3 is 0 Å². The number of hydrogen-bond acceptors (Lipinski definition) is 0. The van der Waals surface area contributed by atoms with Gasteiger partial charge in [-0.15, -0.1) is 0 Å². The van der Waals surface area contributed by atoms with Crippen LogP contribution in [0.3, 0.4) is 0 Å². The number of rotatable bonds is 0. The summed E-state index contributed by atoms with van der Waals surface area (Å²) in [5, 5.41) is 2.82. The van der Waals surface area contributed by atoms with Crippen molar-refractivity contribution in [2.24, 2.45) is 7.05 Å². The third-order valence-electron chi connectivity index (χ3n) is 2.48. The zero-order chi connectivity index (χ0) is 10.6. The van der Waals surface area contributed by atoms with Crippen molar-refractivity contribution < 1.29 is 4.57 Å². The standard InChI is InChI=1S/C11H14N.C2H6/c1-9-4-3-5-10-6-7-12(2)8-11(9)10;1-2/h5-8H,3-4H2,1-2H3;1-2H3/q+1;. The normalized spacial score (nSPS) is 13.6. The fourth-order valence-electron chi connectivity index (χ4n) is 1.72. The van der Waals surface area contributed by atoms with E-state index < -0.39 is 0 Å². The van der Waals surface area contributed by atoms with E-state index in [1.165, 1.54) is 28.9 Å². The molecule has 1 aliphatic carbocycles. The molecule has 1 aromatic rings. The Morgan fingerprint density at radius 3 is 2.71 bits per heavy atom. The van der Waals surface area contributed by atoms with Crippen LogP contribution in [-0.2, 0) is 7.05 Å². The van der Waals surface area contributed by atoms with Crippen molar-refractivity contribution in [1.29, 1.82) is 0 Å². The molecule has 1 heterocycles. The third kappa shape index (κ3) is 2.22.